The van der Waals surface area contributed by atoms with Crippen LogP contribution >= 0.6 is 15.9 Å². The van der Waals surface area contributed by atoms with Gasteiger partial charge in [-0.25, -0.2) is 8.96 Å². The van der Waals surface area contributed by atoms with Crippen molar-refractivity contribution in [2.24, 2.45) is 0 Å². The Morgan fingerprint density at radius 3 is 2.35 bits per heavy atom. The molecule has 3 rings (SSSR count). The van der Waals surface area contributed by atoms with Gasteiger partial charge in [-0.3, -0.25) is 4.79 Å². The fourth-order valence-corrected chi connectivity index (χ4v) is 2.43. The van der Waals surface area contributed by atoms with Crippen LogP contribution in [0, 0.1) is 5.82 Å². The Morgan fingerprint density at radius 2 is 1.74 bits per heavy atom. The fourth-order valence-electron chi connectivity index (χ4n) is 2.16. The summed E-state index contributed by atoms with van der Waals surface area (Å²) in [4.78, 5) is 16.5. The maximum absolute atomic E-state index is 12.9. The van der Waals surface area contributed by atoms with Crippen LogP contribution in [0.1, 0.15) is 10.4 Å². The van der Waals surface area contributed by atoms with Crippen LogP contribution < -0.4 is 4.57 Å². The molecule has 0 bridgehead atoms. The highest BCUT2D eigenvalue weighted by molar-refractivity contribution is 9.10. The molecule has 2 aromatic carbocycles. The Kier molecular flexibility index (Phi) is 4.57. The predicted octanol–water partition coefficient (Wildman–Crippen LogP) is 3.82. The maximum atomic E-state index is 12.9. The number of ketones is 1. The van der Waals surface area contributed by atoms with Gasteiger partial charge >= 0.3 is 0 Å². The zero-order valence-corrected chi connectivity index (χ0v) is 13.7. The number of halogens is 2. The maximum Gasteiger partial charge on any atom is 0.287 e. The number of carbonyl (C=O) groups is 1. The molecule has 114 valence electrons. The first kappa shape index (κ1) is 15.5. The Bertz CT molecular complexity index is 815. The SMILES string of the molecule is O=C(C[n+]1ccc(-c2ccc(Br)cc2)nc1)c1ccc(F)cc1. The molecule has 1 heterocycles. The second kappa shape index (κ2) is 6.79. The Balaban J connectivity index is 1.73. The van der Waals surface area contributed by atoms with Gasteiger partial charge in [-0.2, -0.15) is 0 Å². The molecule has 3 aromatic rings. The molecule has 0 aliphatic heterocycles. The zero-order chi connectivity index (χ0) is 16.2. The van der Waals surface area contributed by atoms with E-state index in [0.717, 1.165) is 15.7 Å². The average Bonchev–Trinajstić information content (AvgIpc) is 2.57. The molecule has 0 spiro atoms. The summed E-state index contributed by atoms with van der Waals surface area (Å²) in [5.41, 5.74) is 2.32. The molecule has 23 heavy (non-hydrogen) atoms. The highest BCUT2D eigenvalue weighted by Crippen LogP contribution is 2.18. The monoisotopic (exact) mass is 371 g/mol. The van der Waals surface area contributed by atoms with Gasteiger partial charge in [0.2, 0.25) is 5.78 Å². The van der Waals surface area contributed by atoms with Gasteiger partial charge in [-0.1, -0.05) is 15.9 Å². The number of aromatic nitrogens is 2. The lowest BCUT2D eigenvalue weighted by molar-refractivity contribution is -0.686. The second-order valence-corrected chi connectivity index (χ2v) is 5.97. The van der Waals surface area contributed by atoms with E-state index in [1.165, 1.54) is 24.3 Å². The summed E-state index contributed by atoms with van der Waals surface area (Å²) in [6.07, 6.45) is 3.44. The van der Waals surface area contributed by atoms with E-state index in [2.05, 4.69) is 20.9 Å². The minimum absolute atomic E-state index is 0.0896. The van der Waals surface area contributed by atoms with Crippen molar-refractivity contribution in [2.45, 2.75) is 6.54 Å². The van der Waals surface area contributed by atoms with Crippen molar-refractivity contribution in [3.63, 3.8) is 0 Å². The average molecular weight is 372 g/mol. The van der Waals surface area contributed by atoms with Gasteiger partial charge in [0.25, 0.3) is 6.33 Å². The molecule has 1 aromatic heterocycles. The quantitative estimate of drug-likeness (QED) is 0.516. The number of rotatable bonds is 4. The number of Topliss-reactive ketones (excluding diaryl/α,β-unsaturated/α-hetero) is 1. The van der Waals surface area contributed by atoms with Crippen molar-refractivity contribution >= 4 is 21.7 Å². The molecule has 5 heteroatoms. The van der Waals surface area contributed by atoms with Gasteiger partial charge in [0.1, 0.15) is 5.82 Å². The zero-order valence-electron chi connectivity index (χ0n) is 12.1. The first-order valence-electron chi connectivity index (χ1n) is 7.01. The minimum Gasteiger partial charge on any atom is -0.290 e. The van der Waals surface area contributed by atoms with Gasteiger partial charge in [0, 0.05) is 21.7 Å². The summed E-state index contributed by atoms with van der Waals surface area (Å²) in [5.74, 6) is -0.442. The number of hydrogen-bond donors (Lipinski definition) is 0. The molecule has 0 fully saturated rings. The van der Waals surface area contributed by atoms with Crippen molar-refractivity contribution in [1.82, 2.24) is 4.98 Å². The van der Waals surface area contributed by atoms with Gasteiger partial charge in [-0.05, 0) is 53.5 Å². The van der Waals surface area contributed by atoms with E-state index in [1.807, 2.05) is 36.5 Å². The van der Waals surface area contributed by atoms with Crippen molar-refractivity contribution in [1.29, 1.82) is 0 Å². The third kappa shape index (κ3) is 3.87. The van der Waals surface area contributed by atoms with E-state index in [0.29, 0.717) is 5.56 Å². The van der Waals surface area contributed by atoms with E-state index in [1.54, 1.807) is 10.9 Å². The molecule has 0 radical (unpaired) electrons. The third-order valence-electron chi connectivity index (χ3n) is 3.40. The van der Waals surface area contributed by atoms with Crippen molar-refractivity contribution in [3.8, 4) is 11.3 Å². The lowest BCUT2D eigenvalue weighted by Gasteiger charge is -2.01. The van der Waals surface area contributed by atoms with Crippen LogP contribution in [0.3, 0.4) is 0 Å². The largest absolute Gasteiger partial charge is 0.290 e. The fraction of sp³-hybridized carbons (Fsp3) is 0.0556. The number of hydrogen-bond acceptors (Lipinski definition) is 2. The first-order chi connectivity index (χ1) is 11.1. The number of benzene rings is 2. The van der Waals surface area contributed by atoms with E-state index in [9.17, 15) is 9.18 Å². The Hall–Kier alpha value is -2.40. The lowest BCUT2D eigenvalue weighted by atomic mass is 10.1. The van der Waals surface area contributed by atoms with Crippen molar-refractivity contribution < 1.29 is 13.8 Å². The van der Waals surface area contributed by atoms with Crippen LogP contribution in [0.15, 0.2) is 71.6 Å². The number of carbonyl (C=O) groups excluding carboxylic acids is 1. The topological polar surface area (TPSA) is 33.8 Å². The molecular formula is C18H13BrFN2O+. The molecule has 0 aliphatic carbocycles. The molecule has 0 unspecified atom stereocenters. The molecular weight excluding hydrogens is 359 g/mol. The summed E-state index contributed by atoms with van der Waals surface area (Å²) >= 11 is 3.40. The molecule has 0 aliphatic rings. The van der Waals surface area contributed by atoms with Gasteiger partial charge in [-0.15, -0.1) is 0 Å². The van der Waals surface area contributed by atoms with Crippen LogP contribution in [-0.2, 0) is 6.54 Å². The predicted molar refractivity (Wildman–Crippen MR) is 88.3 cm³/mol. The van der Waals surface area contributed by atoms with E-state index < -0.39 is 0 Å². The minimum atomic E-state index is -0.352. The van der Waals surface area contributed by atoms with E-state index in [-0.39, 0.29) is 18.1 Å². The summed E-state index contributed by atoms with van der Waals surface area (Å²) in [7, 11) is 0. The van der Waals surface area contributed by atoms with Crippen LogP contribution in [0.2, 0.25) is 0 Å². The molecule has 3 nitrogen and oxygen atoms in total. The van der Waals surface area contributed by atoms with Crippen LogP contribution in [-0.4, -0.2) is 10.8 Å². The van der Waals surface area contributed by atoms with Crippen molar-refractivity contribution in [3.05, 3.63) is 83.0 Å². The van der Waals surface area contributed by atoms with E-state index >= 15 is 0 Å². The molecule has 0 atom stereocenters. The molecule has 0 saturated carbocycles. The second-order valence-electron chi connectivity index (χ2n) is 5.05. The highest BCUT2D eigenvalue weighted by Gasteiger charge is 2.12. The lowest BCUT2D eigenvalue weighted by Crippen LogP contribution is -2.37. The van der Waals surface area contributed by atoms with Gasteiger partial charge in [0.05, 0.1) is 6.20 Å². The third-order valence-corrected chi connectivity index (χ3v) is 3.93. The highest BCUT2D eigenvalue weighted by atomic mass is 79.9. The number of nitrogens with zero attached hydrogens (tertiary/aromatic N) is 2. The molecule has 0 amide bonds. The smallest absolute Gasteiger partial charge is 0.287 e. The van der Waals surface area contributed by atoms with E-state index in [4.69, 9.17) is 0 Å². The summed E-state index contributed by atoms with van der Waals surface area (Å²) < 4.78 is 15.6. The standard InChI is InChI=1S/C18H13BrFN2O/c19-15-5-1-13(2-6-15)17-9-10-22(12-21-17)11-18(23)14-3-7-16(20)8-4-14/h1-10,12H,11H2/q+1. The van der Waals surface area contributed by atoms with Crippen molar-refractivity contribution in [2.75, 3.05) is 0 Å². The van der Waals surface area contributed by atoms with Gasteiger partial charge in [0.15, 0.2) is 12.2 Å². The first-order valence-corrected chi connectivity index (χ1v) is 7.81. The van der Waals surface area contributed by atoms with Crippen LogP contribution in [0.5, 0.6) is 0 Å². The van der Waals surface area contributed by atoms with Gasteiger partial charge < -0.3 is 0 Å². The van der Waals surface area contributed by atoms with Crippen LogP contribution in [0.4, 0.5) is 4.39 Å². The molecule has 0 saturated heterocycles. The molecule has 0 N–H and O–H groups in total. The van der Waals surface area contributed by atoms with Crippen LogP contribution in [0.25, 0.3) is 11.3 Å². The summed E-state index contributed by atoms with van der Waals surface area (Å²) in [6, 6.07) is 15.3. The Morgan fingerprint density at radius 1 is 1.04 bits per heavy atom. The summed E-state index contributed by atoms with van der Waals surface area (Å²) in [5, 5.41) is 0. The normalized spacial score (nSPS) is 10.5. The summed E-state index contributed by atoms with van der Waals surface area (Å²) in [6.45, 7) is 0.166. The Labute approximate surface area is 141 Å².